The smallest absolute Gasteiger partial charge is 0.303 e. The van der Waals surface area contributed by atoms with Gasteiger partial charge in [0.05, 0.1) is 0 Å². The Balaban J connectivity index is 1.32. The summed E-state index contributed by atoms with van der Waals surface area (Å²) in [5, 5.41) is 9.81. The van der Waals surface area contributed by atoms with E-state index in [1.54, 1.807) is 0 Å². The van der Waals surface area contributed by atoms with Crippen molar-refractivity contribution in [2.45, 2.75) is 32.5 Å². The summed E-state index contributed by atoms with van der Waals surface area (Å²) in [4.78, 5) is 13.3. The van der Waals surface area contributed by atoms with Crippen molar-refractivity contribution in [1.82, 2.24) is 10.2 Å². The van der Waals surface area contributed by atoms with Crippen molar-refractivity contribution in [1.29, 1.82) is 0 Å². The van der Waals surface area contributed by atoms with Crippen LogP contribution in [0.2, 0.25) is 0 Å². The van der Waals surface area contributed by atoms with Gasteiger partial charge in [0.1, 0.15) is 23.5 Å². The quantitative estimate of drug-likeness (QED) is 0.565. The molecule has 1 aromatic heterocycles. The molecule has 3 aromatic rings. The monoisotopic (exact) mass is 409 g/mol. The molecule has 0 atom stereocenters. The lowest BCUT2D eigenvalue weighted by atomic mass is 10.1. The lowest BCUT2D eigenvalue weighted by Crippen LogP contribution is -2.38. The molecule has 150 valence electrons. The zero-order valence-electron chi connectivity index (χ0n) is 16.3. The standard InChI is InChI=1S/C22H23N3O3S/c1-16(26)27-15-21-23-24-22(29-21)17-7-9-18(10-8-17)25-13-11-20(12-14-25)28-19-5-3-2-4-6-19/h2-10,20H,11-15H2,1H3. The van der Waals surface area contributed by atoms with Gasteiger partial charge in [-0.3, -0.25) is 4.79 Å². The number of hydrogen-bond acceptors (Lipinski definition) is 7. The van der Waals surface area contributed by atoms with Gasteiger partial charge in [-0.15, -0.1) is 10.2 Å². The first-order chi connectivity index (χ1) is 14.2. The predicted molar refractivity (Wildman–Crippen MR) is 113 cm³/mol. The molecule has 0 unspecified atom stereocenters. The Morgan fingerprint density at radius 3 is 2.48 bits per heavy atom. The van der Waals surface area contributed by atoms with E-state index >= 15 is 0 Å². The van der Waals surface area contributed by atoms with Crippen molar-refractivity contribution in [3.8, 4) is 16.3 Å². The summed E-state index contributed by atoms with van der Waals surface area (Å²) in [6.07, 6.45) is 2.28. The largest absolute Gasteiger partial charge is 0.490 e. The van der Waals surface area contributed by atoms with Crippen LogP contribution in [0.1, 0.15) is 24.8 Å². The first-order valence-electron chi connectivity index (χ1n) is 9.70. The van der Waals surface area contributed by atoms with Gasteiger partial charge in [0.25, 0.3) is 0 Å². The number of rotatable bonds is 6. The van der Waals surface area contributed by atoms with E-state index in [9.17, 15) is 4.79 Å². The highest BCUT2D eigenvalue weighted by atomic mass is 32.1. The van der Waals surface area contributed by atoms with E-state index in [-0.39, 0.29) is 18.7 Å². The van der Waals surface area contributed by atoms with Crippen LogP contribution < -0.4 is 9.64 Å². The van der Waals surface area contributed by atoms with Crippen LogP contribution in [0.3, 0.4) is 0 Å². The number of hydrogen-bond donors (Lipinski definition) is 0. The second kappa shape index (κ2) is 9.05. The van der Waals surface area contributed by atoms with Crippen molar-refractivity contribution >= 4 is 23.0 Å². The van der Waals surface area contributed by atoms with Crippen LogP contribution >= 0.6 is 11.3 Å². The molecule has 1 fully saturated rings. The van der Waals surface area contributed by atoms with Crippen LogP contribution in [-0.4, -0.2) is 35.4 Å². The Labute approximate surface area is 174 Å². The van der Waals surface area contributed by atoms with E-state index < -0.39 is 0 Å². The van der Waals surface area contributed by atoms with Crippen molar-refractivity contribution in [2.24, 2.45) is 0 Å². The topological polar surface area (TPSA) is 64.5 Å². The predicted octanol–water partition coefficient (Wildman–Crippen LogP) is 4.32. The van der Waals surface area contributed by atoms with Gasteiger partial charge >= 0.3 is 5.97 Å². The van der Waals surface area contributed by atoms with Gasteiger partial charge in [-0.1, -0.05) is 29.5 Å². The second-order valence-corrected chi connectivity index (χ2v) is 8.01. The van der Waals surface area contributed by atoms with Gasteiger partial charge in [-0.05, 0) is 36.4 Å². The average Bonchev–Trinajstić information content (AvgIpc) is 3.23. The van der Waals surface area contributed by atoms with E-state index in [2.05, 4.69) is 39.4 Å². The molecule has 0 N–H and O–H groups in total. The Bertz CT molecular complexity index is 935. The van der Waals surface area contributed by atoms with E-state index in [1.807, 2.05) is 30.3 Å². The molecule has 6 nitrogen and oxygen atoms in total. The van der Waals surface area contributed by atoms with Gasteiger partial charge in [0.15, 0.2) is 5.01 Å². The second-order valence-electron chi connectivity index (χ2n) is 6.95. The van der Waals surface area contributed by atoms with Crippen molar-refractivity contribution in [2.75, 3.05) is 18.0 Å². The van der Waals surface area contributed by atoms with Crippen LogP contribution in [0.15, 0.2) is 54.6 Å². The SMILES string of the molecule is CC(=O)OCc1nnc(-c2ccc(N3CCC(Oc4ccccc4)CC3)cc2)s1. The van der Waals surface area contributed by atoms with Crippen molar-refractivity contribution in [3.05, 3.63) is 59.6 Å². The highest BCUT2D eigenvalue weighted by Gasteiger charge is 2.21. The van der Waals surface area contributed by atoms with Crippen LogP contribution in [0.25, 0.3) is 10.6 Å². The first kappa shape index (κ1) is 19.4. The number of esters is 1. The lowest BCUT2D eigenvalue weighted by Gasteiger charge is -2.33. The normalized spacial score (nSPS) is 14.6. The zero-order chi connectivity index (χ0) is 20.1. The Hall–Kier alpha value is -2.93. The number of aromatic nitrogens is 2. The molecule has 0 aliphatic carbocycles. The first-order valence-corrected chi connectivity index (χ1v) is 10.5. The molecule has 29 heavy (non-hydrogen) atoms. The molecule has 1 saturated heterocycles. The lowest BCUT2D eigenvalue weighted by molar-refractivity contribution is -0.142. The summed E-state index contributed by atoms with van der Waals surface area (Å²) >= 11 is 1.44. The van der Waals surface area contributed by atoms with Gasteiger partial charge < -0.3 is 14.4 Å². The fraction of sp³-hybridized carbons (Fsp3) is 0.318. The molecule has 0 amide bonds. The highest BCUT2D eigenvalue weighted by molar-refractivity contribution is 7.14. The van der Waals surface area contributed by atoms with Gasteiger partial charge in [0, 0.05) is 44.1 Å². The Kier molecular flexibility index (Phi) is 6.05. The summed E-state index contributed by atoms with van der Waals surface area (Å²) in [5.41, 5.74) is 2.22. The van der Waals surface area contributed by atoms with Crippen LogP contribution in [-0.2, 0) is 16.1 Å². The van der Waals surface area contributed by atoms with Crippen LogP contribution in [0.5, 0.6) is 5.75 Å². The molecule has 0 saturated carbocycles. The Morgan fingerprint density at radius 1 is 1.07 bits per heavy atom. The number of para-hydroxylation sites is 1. The fourth-order valence-corrected chi connectivity index (χ4v) is 4.09. The maximum Gasteiger partial charge on any atom is 0.303 e. The number of ether oxygens (including phenoxy) is 2. The molecule has 0 bridgehead atoms. The molecule has 1 aliphatic heterocycles. The Morgan fingerprint density at radius 2 is 1.79 bits per heavy atom. The van der Waals surface area contributed by atoms with Crippen molar-refractivity contribution in [3.63, 3.8) is 0 Å². The molecule has 0 radical (unpaired) electrons. The van der Waals surface area contributed by atoms with E-state index in [0.717, 1.165) is 42.3 Å². The summed E-state index contributed by atoms with van der Waals surface area (Å²) in [6, 6.07) is 18.4. The van der Waals surface area contributed by atoms with Gasteiger partial charge in [-0.25, -0.2) is 0 Å². The zero-order valence-corrected chi connectivity index (χ0v) is 17.1. The molecular weight excluding hydrogens is 386 g/mol. The minimum absolute atomic E-state index is 0.172. The van der Waals surface area contributed by atoms with E-state index in [0.29, 0.717) is 5.01 Å². The summed E-state index contributed by atoms with van der Waals surface area (Å²) in [7, 11) is 0. The van der Waals surface area contributed by atoms with Gasteiger partial charge in [0.2, 0.25) is 0 Å². The molecule has 0 spiro atoms. The van der Waals surface area contributed by atoms with Crippen LogP contribution in [0.4, 0.5) is 5.69 Å². The maximum absolute atomic E-state index is 10.9. The minimum Gasteiger partial charge on any atom is -0.490 e. The molecular formula is C22H23N3O3S. The molecule has 7 heteroatoms. The third kappa shape index (κ3) is 5.12. The third-order valence-electron chi connectivity index (χ3n) is 4.83. The number of carbonyl (C=O) groups is 1. The van der Waals surface area contributed by atoms with Gasteiger partial charge in [-0.2, -0.15) is 0 Å². The number of anilines is 1. The number of benzene rings is 2. The fourth-order valence-electron chi connectivity index (χ4n) is 3.33. The summed E-state index contributed by atoms with van der Waals surface area (Å²) in [6.45, 7) is 3.51. The number of carbonyl (C=O) groups excluding carboxylic acids is 1. The minimum atomic E-state index is -0.316. The average molecular weight is 410 g/mol. The highest BCUT2D eigenvalue weighted by Crippen LogP contribution is 2.28. The summed E-state index contributed by atoms with van der Waals surface area (Å²) in [5.74, 6) is 0.629. The molecule has 4 rings (SSSR count). The summed E-state index contributed by atoms with van der Waals surface area (Å²) < 4.78 is 11.1. The molecule has 2 aromatic carbocycles. The van der Waals surface area contributed by atoms with Crippen LogP contribution in [0, 0.1) is 0 Å². The van der Waals surface area contributed by atoms with Crippen molar-refractivity contribution < 1.29 is 14.3 Å². The number of nitrogens with zero attached hydrogens (tertiary/aromatic N) is 3. The van der Waals surface area contributed by atoms with E-state index in [1.165, 1.54) is 23.9 Å². The molecule has 2 heterocycles. The van der Waals surface area contributed by atoms with E-state index in [4.69, 9.17) is 9.47 Å². The maximum atomic E-state index is 10.9. The number of piperidine rings is 1. The third-order valence-corrected chi connectivity index (χ3v) is 5.78. The molecule has 1 aliphatic rings.